The number of nitrogens with zero attached hydrogens (tertiary/aromatic N) is 1. The van der Waals surface area contributed by atoms with Crippen LogP contribution in [0.4, 0.5) is 0 Å². The molecule has 124 valence electrons. The molecule has 0 saturated carbocycles. The molecular formula is C19H26N2OS. The van der Waals surface area contributed by atoms with E-state index in [4.69, 9.17) is 0 Å². The van der Waals surface area contributed by atoms with E-state index in [1.54, 1.807) is 12.3 Å². The Kier molecular flexibility index (Phi) is 5.34. The molecule has 1 aliphatic heterocycles. The highest BCUT2D eigenvalue weighted by Crippen LogP contribution is 2.29. The number of aromatic nitrogens is 1. The zero-order chi connectivity index (χ0) is 16.2. The fourth-order valence-electron chi connectivity index (χ4n) is 3.38. The number of likely N-dealkylation sites (tertiary alicyclic amines) is 1. The van der Waals surface area contributed by atoms with Crippen LogP contribution in [0.25, 0.3) is 0 Å². The van der Waals surface area contributed by atoms with E-state index in [0.717, 1.165) is 38.4 Å². The topological polar surface area (TPSA) is 36.1 Å². The summed E-state index contributed by atoms with van der Waals surface area (Å²) >= 11 is 1.97. The lowest BCUT2D eigenvalue weighted by atomic mass is 9.90. The number of hydrogen-bond donors (Lipinski definition) is 1. The first-order valence-corrected chi connectivity index (χ1v) is 9.40. The summed E-state index contributed by atoms with van der Waals surface area (Å²) in [6, 6.07) is 8.41. The molecule has 3 nitrogen and oxygen atoms in total. The summed E-state index contributed by atoms with van der Waals surface area (Å²) in [5, 5.41) is 0. The van der Waals surface area contributed by atoms with E-state index in [0.29, 0.717) is 5.92 Å². The number of aromatic amines is 1. The van der Waals surface area contributed by atoms with Crippen molar-refractivity contribution in [2.24, 2.45) is 5.92 Å². The van der Waals surface area contributed by atoms with Crippen LogP contribution in [0.2, 0.25) is 0 Å². The van der Waals surface area contributed by atoms with Gasteiger partial charge in [-0.3, -0.25) is 9.69 Å². The van der Waals surface area contributed by atoms with Crippen molar-refractivity contribution in [1.82, 2.24) is 9.88 Å². The Labute approximate surface area is 142 Å². The first-order valence-electron chi connectivity index (χ1n) is 8.59. The first-order chi connectivity index (χ1) is 11.1. The summed E-state index contributed by atoms with van der Waals surface area (Å²) in [5.41, 5.74) is 1.21. The number of piperidine rings is 1. The highest BCUT2D eigenvalue weighted by Gasteiger charge is 2.21. The van der Waals surface area contributed by atoms with E-state index in [-0.39, 0.29) is 5.56 Å². The van der Waals surface area contributed by atoms with Crippen LogP contribution < -0.4 is 5.56 Å². The van der Waals surface area contributed by atoms with Crippen LogP contribution in [0.3, 0.4) is 0 Å². The summed E-state index contributed by atoms with van der Waals surface area (Å²) < 4.78 is 0. The molecule has 0 aliphatic carbocycles. The van der Waals surface area contributed by atoms with Gasteiger partial charge in [-0.25, -0.2) is 0 Å². The van der Waals surface area contributed by atoms with E-state index in [9.17, 15) is 4.79 Å². The van der Waals surface area contributed by atoms with Gasteiger partial charge in [0.1, 0.15) is 0 Å². The lowest BCUT2D eigenvalue weighted by Gasteiger charge is -2.31. The maximum atomic E-state index is 11.5. The molecule has 0 unspecified atom stereocenters. The predicted molar refractivity (Wildman–Crippen MR) is 97.2 cm³/mol. The van der Waals surface area contributed by atoms with Gasteiger partial charge in [0.15, 0.2) is 0 Å². The number of H-pyrrole nitrogens is 1. The van der Waals surface area contributed by atoms with E-state index < -0.39 is 0 Å². The Hall–Kier alpha value is -1.39. The molecule has 1 saturated heterocycles. The van der Waals surface area contributed by atoms with Gasteiger partial charge < -0.3 is 4.98 Å². The van der Waals surface area contributed by atoms with Crippen LogP contribution in [0.1, 0.15) is 47.9 Å². The van der Waals surface area contributed by atoms with Crippen molar-refractivity contribution in [1.29, 1.82) is 0 Å². The van der Waals surface area contributed by atoms with Gasteiger partial charge >= 0.3 is 0 Å². The molecular weight excluding hydrogens is 304 g/mol. The zero-order valence-corrected chi connectivity index (χ0v) is 14.9. The quantitative estimate of drug-likeness (QED) is 0.899. The molecule has 1 aliphatic rings. The minimum absolute atomic E-state index is 0.0150. The van der Waals surface area contributed by atoms with Crippen molar-refractivity contribution in [3.05, 3.63) is 56.1 Å². The number of hydrogen-bond acceptors (Lipinski definition) is 3. The molecule has 23 heavy (non-hydrogen) atoms. The van der Waals surface area contributed by atoms with Crippen LogP contribution in [0.5, 0.6) is 0 Å². The second-order valence-electron chi connectivity index (χ2n) is 7.00. The lowest BCUT2D eigenvalue weighted by Crippen LogP contribution is -2.32. The number of pyridine rings is 1. The van der Waals surface area contributed by atoms with Crippen molar-refractivity contribution < 1.29 is 0 Å². The second kappa shape index (κ2) is 7.45. The maximum Gasteiger partial charge on any atom is 0.248 e. The molecule has 1 fully saturated rings. The van der Waals surface area contributed by atoms with E-state index in [1.807, 2.05) is 11.3 Å². The van der Waals surface area contributed by atoms with Gasteiger partial charge in [-0.2, -0.15) is 0 Å². The molecule has 2 aromatic rings. The van der Waals surface area contributed by atoms with Crippen LogP contribution in [0.15, 0.2) is 35.3 Å². The standard InChI is InChI=1S/C19H26N2OS/c1-14(2)11-17-3-4-18(23-17)13-21-9-6-15(7-10-21)16-5-8-20-19(22)12-16/h3-5,8,12,14-15H,6-7,9-11,13H2,1-2H3,(H,20,22). The molecule has 0 radical (unpaired) electrons. The number of rotatable bonds is 5. The summed E-state index contributed by atoms with van der Waals surface area (Å²) in [6.07, 6.45) is 5.25. The van der Waals surface area contributed by atoms with Gasteiger partial charge in [-0.05, 0) is 68.0 Å². The highest BCUT2D eigenvalue weighted by molar-refractivity contribution is 7.11. The normalized spacial score (nSPS) is 17.0. The van der Waals surface area contributed by atoms with Crippen molar-refractivity contribution >= 4 is 11.3 Å². The lowest BCUT2D eigenvalue weighted by molar-refractivity contribution is 0.206. The Balaban J connectivity index is 1.53. The van der Waals surface area contributed by atoms with Crippen LogP contribution in [-0.2, 0) is 13.0 Å². The van der Waals surface area contributed by atoms with Gasteiger partial charge in [0, 0.05) is 28.6 Å². The third-order valence-electron chi connectivity index (χ3n) is 4.56. The minimum atomic E-state index is 0.0150. The fraction of sp³-hybridized carbons (Fsp3) is 0.526. The Morgan fingerprint density at radius 2 is 1.96 bits per heavy atom. The summed E-state index contributed by atoms with van der Waals surface area (Å²) in [6.45, 7) is 7.87. The molecule has 3 rings (SSSR count). The van der Waals surface area contributed by atoms with Gasteiger partial charge in [0.05, 0.1) is 0 Å². The Bertz CT molecular complexity index is 680. The maximum absolute atomic E-state index is 11.5. The fourth-order valence-corrected chi connectivity index (χ4v) is 4.65. The summed E-state index contributed by atoms with van der Waals surface area (Å²) in [7, 11) is 0. The Morgan fingerprint density at radius 1 is 1.22 bits per heavy atom. The van der Waals surface area contributed by atoms with Crippen molar-refractivity contribution in [2.75, 3.05) is 13.1 Å². The van der Waals surface area contributed by atoms with Gasteiger partial charge in [-0.15, -0.1) is 11.3 Å². The van der Waals surface area contributed by atoms with Gasteiger partial charge in [-0.1, -0.05) is 13.8 Å². The third kappa shape index (κ3) is 4.55. The van der Waals surface area contributed by atoms with Crippen molar-refractivity contribution in [2.45, 2.75) is 45.6 Å². The first kappa shape index (κ1) is 16.5. The molecule has 0 atom stereocenters. The average Bonchev–Trinajstić information content (AvgIpc) is 2.94. The largest absolute Gasteiger partial charge is 0.329 e. The smallest absolute Gasteiger partial charge is 0.248 e. The molecule has 0 spiro atoms. The van der Waals surface area contributed by atoms with E-state index >= 15 is 0 Å². The molecule has 3 heterocycles. The molecule has 1 N–H and O–H groups in total. The molecule has 4 heteroatoms. The SMILES string of the molecule is CC(C)Cc1ccc(CN2CCC(c3cc[nH]c(=O)c3)CC2)s1. The predicted octanol–water partition coefficient (Wildman–Crippen LogP) is 4.01. The summed E-state index contributed by atoms with van der Waals surface area (Å²) in [4.78, 5) is 19.7. The highest BCUT2D eigenvalue weighted by atomic mass is 32.1. The molecule has 0 bridgehead atoms. The van der Waals surface area contributed by atoms with Crippen molar-refractivity contribution in [3.63, 3.8) is 0 Å². The monoisotopic (exact) mass is 330 g/mol. The van der Waals surface area contributed by atoms with Crippen molar-refractivity contribution in [3.8, 4) is 0 Å². The molecule has 0 amide bonds. The molecule has 2 aromatic heterocycles. The third-order valence-corrected chi connectivity index (χ3v) is 5.66. The number of nitrogens with one attached hydrogen (secondary N) is 1. The van der Waals surface area contributed by atoms with E-state index in [1.165, 1.54) is 21.7 Å². The number of thiophene rings is 1. The van der Waals surface area contributed by atoms with E-state index in [2.05, 4.69) is 41.9 Å². The average molecular weight is 330 g/mol. The molecule has 0 aromatic carbocycles. The van der Waals surface area contributed by atoms with Gasteiger partial charge in [0.2, 0.25) is 5.56 Å². The van der Waals surface area contributed by atoms with Crippen LogP contribution in [0, 0.1) is 5.92 Å². The minimum Gasteiger partial charge on any atom is -0.329 e. The van der Waals surface area contributed by atoms with Crippen LogP contribution in [-0.4, -0.2) is 23.0 Å². The zero-order valence-electron chi connectivity index (χ0n) is 14.0. The second-order valence-corrected chi connectivity index (χ2v) is 8.26. The van der Waals surface area contributed by atoms with Crippen LogP contribution >= 0.6 is 11.3 Å². The van der Waals surface area contributed by atoms with Gasteiger partial charge in [0.25, 0.3) is 0 Å². The Morgan fingerprint density at radius 3 is 2.65 bits per heavy atom. The summed E-state index contributed by atoms with van der Waals surface area (Å²) in [5.74, 6) is 1.26.